The van der Waals surface area contributed by atoms with Gasteiger partial charge in [-0.2, -0.15) is 0 Å². The molecule has 0 saturated carbocycles. The van der Waals surface area contributed by atoms with Gasteiger partial charge >= 0.3 is 0 Å². The Kier molecular flexibility index (Phi) is 5.96. The Bertz CT molecular complexity index is 764. The van der Waals surface area contributed by atoms with Gasteiger partial charge < -0.3 is 0 Å². The molecule has 1 fully saturated rings. The summed E-state index contributed by atoms with van der Waals surface area (Å²) in [4.78, 5) is 24.7. The summed E-state index contributed by atoms with van der Waals surface area (Å²) in [7, 11) is 0. The molecule has 1 saturated heterocycles. The van der Waals surface area contributed by atoms with E-state index in [0.29, 0.717) is 0 Å². The lowest BCUT2D eigenvalue weighted by Gasteiger charge is -2.41. The van der Waals surface area contributed by atoms with Gasteiger partial charge in [0.15, 0.2) is 0 Å². The monoisotopic (exact) mass is 420 g/mol. The normalized spacial score (nSPS) is 17.0. The molecule has 27 heavy (non-hydrogen) atoms. The predicted molar refractivity (Wildman–Crippen MR) is 112 cm³/mol. The Balaban J connectivity index is 1.46. The van der Waals surface area contributed by atoms with Crippen molar-refractivity contribution in [2.24, 2.45) is 0 Å². The number of hydrogen-bond donors (Lipinski definition) is 0. The second-order valence-corrected chi connectivity index (χ2v) is 10.9. The molecule has 6 nitrogen and oxygen atoms in total. The summed E-state index contributed by atoms with van der Waals surface area (Å²) in [5.74, 6) is 0. The van der Waals surface area contributed by atoms with Gasteiger partial charge in [0.25, 0.3) is 0 Å². The molecule has 0 aromatic carbocycles. The molecule has 0 aliphatic carbocycles. The maximum absolute atomic E-state index is 4.41. The summed E-state index contributed by atoms with van der Waals surface area (Å²) in [6.45, 7) is 11.9. The molecule has 1 aliphatic heterocycles. The minimum absolute atomic E-state index is 0.946. The molecule has 0 N–H and O–H groups in total. The summed E-state index contributed by atoms with van der Waals surface area (Å²) >= 11 is 5.38. The van der Waals surface area contributed by atoms with Crippen molar-refractivity contribution >= 4 is 34.0 Å². The number of thiazole rings is 3. The fourth-order valence-electron chi connectivity index (χ4n) is 3.38. The minimum Gasteiger partial charge on any atom is -0.272 e. The third-order valence-corrected chi connectivity index (χ3v) is 7.04. The molecule has 3 aromatic rings. The van der Waals surface area contributed by atoms with Gasteiger partial charge in [-0.05, 0) is 20.8 Å². The van der Waals surface area contributed by atoms with Crippen LogP contribution in [-0.4, -0.2) is 49.7 Å². The molecule has 0 radical (unpaired) electrons. The Morgan fingerprint density at radius 3 is 1.15 bits per heavy atom. The number of aryl methyl sites for hydroxylation is 3. The van der Waals surface area contributed by atoms with Crippen molar-refractivity contribution in [3.63, 3.8) is 0 Å². The van der Waals surface area contributed by atoms with E-state index in [1.54, 1.807) is 34.0 Å². The second-order valence-electron chi connectivity index (χ2n) is 6.95. The van der Waals surface area contributed by atoms with E-state index >= 15 is 0 Å². The van der Waals surface area contributed by atoms with E-state index in [1.165, 1.54) is 14.6 Å². The van der Waals surface area contributed by atoms with Crippen molar-refractivity contribution in [3.8, 4) is 0 Å². The van der Waals surface area contributed by atoms with Crippen LogP contribution in [-0.2, 0) is 19.6 Å². The van der Waals surface area contributed by atoms with Gasteiger partial charge in [-0.15, -0.1) is 34.0 Å². The summed E-state index contributed by atoms with van der Waals surface area (Å²) < 4.78 is 0. The average Bonchev–Trinajstić information content (AvgIpc) is 3.31. The highest BCUT2D eigenvalue weighted by Crippen LogP contribution is 2.22. The molecule has 0 spiro atoms. The van der Waals surface area contributed by atoms with Gasteiger partial charge in [0.2, 0.25) is 0 Å². The maximum atomic E-state index is 4.41. The molecule has 1 aliphatic rings. The lowest BCUT2D eigenvalue weighted by molar-refractivity contribution is -0.0410. The third-order valence-electron chi connectivity index (χ3n) is 4.35. The standard InChI is InChI=1S/C18H24N6S3/c1-13-19-4-16(25-13)7-22-10-23(8-17-5-20-14(2)26-17)12-24(11-22)9-18-6-21-15(3)27-18/h4-6H,7-12H2,1-3H3. The molecule has 0 atom stereocenters. The quantitative estimate of drug-likeness (QED) is 0.606. The van der Waals surface area contributed by atoms with E-state index in [1.807, 2.05) is 18.6 Å². The molecule has 4 rings (SSSR count). The second kappa shape index (κ2) is 8.42. The summed E-state index contributed by atoms with van der Waals surface area (Å²) in [5, 5.41) is 3.41. The molecule has 0 unspecified atom stereocenters. The van der Waals surface area contributed by atoms with Crippen LogP contribution >= 0.6 is 34.0 Å². The van der Waals surface area contributed by atoms with E-state index in [-0.39, 0.29) is 0 Å². The van der Waals surface area contributed by atoms with E-state index in [2.05, 4.69) is 50.4 Å². The highest BCUT2D eigenvalue weighted by Gasteiger charge is 2.25. The van der Waals surface area contributed by atoms with E-state index in [0.717, 1.165) is 54.7 Å². The van der Waals surface area contributed by atoms with Crippen LogP contribution in [0.1, 0.15) is 29.7 Å². The lowest BCUT2D eigenvalue weighted by Crippen LogP contribution is -2.53. The molecular formula is C18H24N6S3. The van der Waals surface area contributed by atoms with E-state index in [4.69, 9.17) is 0 Å². The Morgan fingerprint density at radius 2 is 0.926 bits per heavy atom. The fraction of sp³-hybridized carbons (Fsp3) is 0.500. The SMILES string of the molecule is Cc1ncc(CN2CN(Cc3cnc(C)s3)CN(Cc3cnc(C)s3)C2)s1. The zero-order chi connectivity index (χ0) is 18.8. The van der Waals surface area contributed by atoms with Crippen molar-refractivity contribution in [2.45, 2.75) is 40.4 Å². The highest BCUT2D eigenvalue weighted by atomic mass is 32.1. The average molecular weight is 421 g/mol. The van der Waals surface area contributed by atoms with Crippen molar-refractivity contribution in [3.05, 3.63) is 48.2 Å². The van der Waals surface area contributed by atoms with Gasteiger partial charge in [0.1, 0.15) is 0 Å². The minimum atomic E-state index is 0.946. The van der Waals surface area contributed by atoms with E-state index < -0.39 is 0 Å². The Labute approximate surface area is 172 Å². The van der Waals surface area contributed by atoms with Crippen LogP contribution in [0, 0.1) is 20.8 Å². The van der Waals surface area contributed by atoms with Crippen LogP contribution in [0.15, 0.2) is 18.6 Å². The first-order valence-electron chi connectivity index (χ1n) is 8.94. The number of aromatic nitrogens is 3. The zero-order valence-corrected chi connectivity index (χ0v) is 18.3. The summed E-state index contributed by atoms with van der Waals surface area (Å²) in [5.41, 5.74) is 0. The molecule has 144 valence electrons. The molecule has 9 heteroatoms. The predicted octanol–water partition coefficient (Wildman–Crippen LogP) is 3.67. The van der Waals surface area contributed by atoms with E-state index in [9.17, 15) is 0 Å². The topological polar surface area (TPSA) is 48.4 Å². The number of rotatable bonds is 6. The summed E-state index contributed by atoms with van der Waals surface area (Å²) in [6, 6.07) is 0. The van der Waals surface area contributed by atoms with Crippen LogP contribution in [0.3, 0.4) is 0 Å². The van der Waals surface area contributed by atoms with Gasteiger partial charge in [-0.3, -0.25) is 14.7 Å². The number of hydrogen-bond acceptors (Lipinski definition) is 9. The highest BCUT2D eigenvalue weighted by molar-refractivity contribution is 7.12. The fourth-order valence-corrected chi connectivity index (χ4v) is 5.89. The largest absolute Gasteiger partial charge is 0.272 e. The van der Waals surface area contributed by atoms with Gasteiger partial charge in [-0.25, -0.2) is 15.0 Å². The van der Waals surface area contributed by atoms with Crippen molar-refractivity contribution in [2.75, 3.05) is 20.0 Å². The Morgan fingerprint density at radius 1 is 0.630 bits per heavy atom. The molecule has 4 heterocycles. The van der Waals surface area contributed by atoms with Crippen molar-refractivity contribution in [1.29, 1.82) is 0 Å². The van der Waals surface area contributed by atoms with Gasteiger partial charge in [0.05, 0.1) is 35.0 Å². The van der Waals surface area contributed by atoms with Crippen molar-refractivity contribution < 1.29 is 0 Å². The molecular weight excluding hydrogens is 396 g/mol. The third kappa shape index (κ3) is 5.18. The first kappa shape index (κ1) is 19.1. The smallest absolute Gasteiger partial charge is 0.0897 e. The first-order chi connectivity index (χ1) is 13.0. The molecule has 0 bridgehead atoms. The van der Waals surface area contributed by atoms with Gasteiger partial charge in [-0.1, -0.05) is 0 Å². The number of nitrogens with zero attached hydrogens (tertiary/aromatic N) is 6. The van der Waals surface area contributed by atoms with Crippen LogP contribution in [0.5, 0.6) is 0 Å². The molecule has 0 amide bonds. The van der Waals surface area contributed by atoms with Crippen LogP contribution in [0.25, 0.3) is 0 Å². The van der Waals surface area contributed by atoms with Crippen LogP contribution in [0.2, 0.25) is 0 Å². The maximum Gasteiger partial charge on any atom is 0.0897 e. The first-order valence-corrected chi connectivity index (χ1v) is 11.4. The lowest BCUT2D eigenvalue weighted by atomic mass is 10.4. The van der Waals surface area contributed by atoms with Crippen LogP contribution in [0.4, 0.5) is 0 Å². The zero-order valence-electron chi connectivity index (χ0n) is 15.9. The van der Waals surface area contributed by atoms with Crippen LogP contribution < -0.4 is 0 Å². The Hall–Kier alpha value is -1.23. The van der Waals surface area contributed by atoms with Crippen molar-refractivity contribution in [1.82, 2.24) is 29.7 Å². The summed E-state index contributed by atoms with van der Waals surface area (Å²) in [6.07, 6.45) is 6.05. The molecule has 3 aromatic heterocycles. The van der Waals surface area contributed by atoms with Gasteiger partial charge in [0, 0.05) is 52.9 Å².